The number of carboxylic acids is 1. The number of aliphatic carboxylic acids is 1. The lowest BCUT2D eigenvalue weighted by atomic mass is 9.83. The maximum absolute atomic E-state index is 11.8. The zero-order valence-electron chi connectivity index (χ0n) is 15.7. The predicted molar refractivity (Wildman–Crippen MR) is 103 cm³/mol. The second kappa shape index (κ2) is 8.94. The second-order valence-electron chi connectivity index (χ2n) is 7.33. The van der Waals surface area contributed by atoms with Crippen molar-refractivity contribution in [3.63, 3.8) is 0 Å². The number of piperidine rings is 1. The van der Waals surface area contributed by atoms with Crippen molar-refractivity contribution in [3.8, 4) is 0 Å². The number of hydrogen-bond acceptors (Lipinski definition) is 6. The molecule has 0 aliphatic carbocycles. The monoisotopic (exact) mass is 372 g/mol. The molecular weight excluding hydrogens is 344 g/mol. The van der Waals surface area contributed by atoms with Crippen LogP contribution in [0.4, 0.5) is 5.69 Å². The van der Waals surface area contributed by atoms with Crippen LogP contribution in [-0.4, -0.2) is 50.8 Å². The number of benzene rings is 1. The van der Waals surface area contributed by atoms with Crippen LogP contribution in [0.25, 0.3) is 0 Å². The summed E-state index contributed by atoms with van der Waals surface area (Å²) in [5.74, 6) is -1.20. The van der Waals surface area contributed by atoms with Crippen molar-refractivity contribution in [1.29, 1.82) is 0 Å². The number of rotatable bonds is 8. The maximum atomic E-state index is 11.8. The van der Waals surface area contributed by atoms with Crippen LogP contribution >= 0.6 is 0 Å². The molecule has 8 nitrogen and oxygen atoms in total. The van der Waals surface area contributed by atoms with Crippen LogP contribution in [-0.2, 0) is 11.2 Å². The van der Waals surface area contributed by atoms with E-state index in [-0.39, 0.29) is 12.0 Å². The van der Waals surface area contributed by atoms with Gasteiger partial charge < -0.3 is 15.7 Å². The Labute approximate surface area is 159 Å². The van der Waals surface area contributed by atoms with Gasteiger partial charge in [-0.25, -0.2) is 0 Å². The molecule has 0 unspecified atom stereocenters. The van der Waals surface area contributed by atoms with Crippen molar-refractivity contribution in [2.45, 2.75) is 51.0 Å². The highest BCUT2D eigenvalue weighted by Crippen LogP contribution is 2.30. The molecule has 1 aromatic carbocycles. The first-order valence-electron chi connectivity index (χ1n) is 9.64. The molecule has 0 amide bonds. The zero-order chi connectivity index (χ0) is 19.2. The van der Waals surface area contributed by atoms with Crippen molar-refractivity contribution in [2.75, 3.05) is 18.0 Å². The number of hydrogen-bond donors (Lipinski definition) is 3. The Morgan fingerprint density at radius 2 is 2.19 bits per heavy atom. The van der Waals surface area contributed by atoms with Crippen LogP contribution in [0, 0.1) is 5.92 Å². The first-order chi connectivity index (χ1) is 13.1. The molecule has 1 aliphatic rings. The number of H-pyrrole nitrogens is 1. The molecule has 1 fully saturated rings. The van der Waals surface area contributed by atoms with Crippen LogP contribution in [0.1, 0.15) is 49.9 Å². The number of anilines is 1. The summed E-state index contributed by atoms with van der Waals surface area (Å²) in [7, 11) is 0. The normalized spacial score (nSPS) is 19.6. The number of nitrogens with zero attached hydrogens (tertiary/aromatic N) is 4. The Bertz CT molecular complexity index is 718. The number of nitrogens with one attached hydrogen (secondary N) is 1. The van der Waals surface area contributed by atoms with Gasteiger partial charge in [0.1, 0.15) is 0 Å². The summed E-state index contributed by atoms with van der Waals surface area (Å²) >= 11 is 0. The molecule has 0 saturated carbocycles. The Balaban J connectivity index is 1.76. The van der Waals surface area contributed by atoms with E-state index in [1.807, 2.05) is 6.92 Å². The average Bonchev–Trinajstić information content (AvgIpc) is 3.19. The van der Waals surface area contributed by atoms with E-state index in [0.29, 0.717) is 18.7 Å². The lowest BCUT2D eigenvalue weighted by molar-refractivity contribution is -0.142. The van der Waals surface area contributed by atoms with Gasteiger partial charge in [0.25, 0.3) is 0 Å². The van der Waals surface area contributed by atoms with Crippen LogP contribution in [0.2, 0.25) is 0 Å². The Hall–Kier alpha value is -2.48. The second-order valence-corrected chi connectivity index (χ2v) is 7.33. The van der Waals surface area contributed by atoms with Gasteiger partial charge in [-0.15, -0.1) is 10.2 Å². The molecule has 3 atom stereocenters. The zero-order valence-corrected chi connectivity index (χ0v) is 15.7. The smallest absolute Gasteiger partial charge is 0.307 e. The molecular formula is C19H28N6O2. The van der Waals surface area contributed by atoms with Gasteiger partial charge in [0.15, 0.2) is 5.82 Å². The van der Waals surface area contributed by atoms with Gasteiger partial charge in [-0.3, -0.25) is 4.79 Å². The lowest BCUT2D eigenvalue weighted by Gasteiger charge is -2.32. The predicted octanol–water partition coefficient (Wildman–Crippen LogP) is 1.95. The average molecular weight is 372 g/mol. The summed E-state index contributed by atoms with van der Waals surface area (Å²) in [5.41, 5.74) is 8.31. The Kier molecular flexibility index (Phi) is 6.39. The molecule has 2 aromatic rings. The summed E-state index contributed by atoms with van der Waals surface area (Å²) in [5, 5.41) is 23.9. The third-order valence-electron chi connectivity index (χ3n) is 5.31. The molecule has 27 heavy (non-hydrogen) atoms. The SMILES string of the molecule is CCC[C@H](C(=O)O)[C@H](Cc1ccc(N2CCC[C@H](N)C2)cc1)c1nn[nH]n1. The summed E-state index contributed by atoms with van der Waals surface area (Å²) < 4.78 is 0. The maximum Gasteiger partial charge on any atom is 0.307 e. The largest absolute Gasteiger partial charge is 0.481 e. The molecule has 1 saturated heterocycles. The van der Waals surface area contributed by atoms with Gasteiger partial charge in [-0.1, -0.05) is 30.7 Å². The molecule has 146 valence electrons. The van der Waals surface area contributed by atoms with Gasteiger partial charge in [0, 0.05) is 30.7 Å². The fourth-order valence-corrected chi connectivity index (χ4v) is 3.89. The van der Waals surface area contributed by atoms with Crippen molar-refractivity contribution in [1.82, 2.24) is 20.6 Å². The molecule has 0 bridgehead atoms. The highest BCUT2D eigenvalue weighted by molar-refractivity contribution is 5.71. The minimum absolute atomic E-state index is 0.228. The van der Waals surface area contributed by atoms with E-state index in [9.17, 15) is 9.90 Å². The summed E-state index contributed by atoms with van der Waals surface area (Å²) in [6, 6.07) is 8.54. The fourth-order valence-electron chi connectivity index (χ4n) is 3.89. The van der Waals surface area contributed by atoms with Crippen LogP contribution in [0.3, 0.4) is 0 Å². The third-order valence-corrected chi connectivity index (χ3v) is 5.31. The lowest BCUT2D eigenvalue weighted by Crippen LogP contribution is -2.42. The quantitative estimate of drug-likeness (QED) is 0.647. The fraction of sp³-hybridized carbons (Fsp3) is 0.579. The third kappa shape index (κ3) is 4.82. The van der Waals surface area contributed by atoms with Crippen molar-refractivity contribution in [2.24, 2.45) is 11.7 Å². The van der Waals surface area contributed by atoms with Crippen molar-refractivity contribution < 1.29 is 9.90 Å². The van der Waals surface area contributed by atoms with E-state index in [0.717, 1.165) is 43.6 Å². The molecule has 1 aliphatic heterocycles. The molecule has 0 spiro atoms. The number of carboxylic acid groups (broad SMARTS) is 1. The summed E-state index contributed by atoms with van der Waals surface area (Å²) in [6.45, 7) is 3.89. The molecule has 4 N–H and O–H groups in total. The van der Waals surface area contributed by atoms with Crippen LogP contribution in [0.5, 0.6) is 0 Å². The van der Waals surface area contributed by atoms with Gasteiger partial charge >= 0.3 is 5.97 Å². The Morgan fingerprint density at radius 1 is 1.41 bits per heavy atom. The number of aromatic nitrogens is 4. The first-order valence-corrected chi connectivity index (χ1v) is 9.64. The minimum Gasteiger partial charge on any atom is -0.481 e. The van der Waals surface area contributed by atoms with E-state index in [1.165, 1.54) is 0 Å². The van der Waals surface area contributed by atoms with E-state index in [1.54, 1.807) is 0 Å². The topological polar surface area (TPSA) is 121 Å². The molecule has 3 rings (SSSR count). The van der Waals surface area contributed by atoms with E-state index in [4.69, 9.17) is 5.73 Å². The van der Waals surface area contributed by atoms with E-state index < -0.39 is 11.9 Å². The summed E-state index contributed by atoms with van der Waals surface area (Å²) in [6.07, 6.45) is 4.13. The standard InChI is InChI=1S/C19H28N6O2/c1-2-4-16(19(26)27)17(18-21-23-24-22-18)11-13-6-8-15(9-7-13)25-10-3-5-14(20)12-25/h6-9,14,16-17H,2-5,10-12,20H2,1H3,(H,26,27)(H,21,22,23,24)/t14-,16-,17-/m0/s1. The van der Waals surface area contributed by atoms with Gasteiger partial charge in [-0.05, 0) is 43.4 Å². The van der Waals surface area contributed by atoms with Crippen LogP contribution < -0.4 is 10.6 Å². The van der Waals surface area contributed by atoms with E-state index in [2.05, 4.69) is 49.8 Å². The molecule has 2 heterocycles. The number of tetrazole rings is 1. The highest BCUT2D eigenvalue weighted by atomic mass is 16.4. The first kappa shape index (κ1) is 19.3. The van der Waals surface area contributed by atoms with Crippen molar-refractivity contribution in [3.05, 3.63) is 35.7 Å². The minimum atomic E-state index is -0.814. The van der Waals surface area contributed by atoms with Crippen molar-refractivity contribution >= 4 is 11.7 Å². The molecule has 8 heteroatoms. The summed E-state index contributed by atoms with van der Waals surface area (Å²) in [4.78, 5) is 14.1. The van der Waals surface area contributed by atoms with E-state index >= 15 is 0 Å². The molecule has 1 aromatic heterocycles. The van der Waals surface area contributed by atoms with Crippen LogP contribution in [0.15, 0.2) is 24.3 Å². The van der Waals surface area contributed by atoms with Gasteiger partial charge in [-0.2, -0.15) is 5.21 Å². The van der Waals surface area contributed by atoms with Gasteiger partial charge in [0.2, 0.25) is 0 Å². The number of carbonyl (C=O) groups is 1. The molecule has 0 radical (unpaired) electrons. The number of nitrogens with two attached hydrogens (primary N) is 1. The Morgan fingerprint density at radius 3 is 2.78 bits per heavy atom. The number of aromatic amines is 1. The highest BCUT2D eigenvalue weighted by Gasteiger charge is 2.32. The van der Waals surface area contributed by atoms with Gasteiger partial charge in [0.05, 0.1) is 5.92 Å².